The molecule has 0 saturated carbocycles. The molecule has 1 heterocycles. The van der Waals surface area contributed by atoms with E-state index in [4.69, 9.17) is 11.6 Å². The Labute approximate surface area is 145 Å². The highest BCUT2D eigenvalue weighted by atomic mass is 35.5. The fourth-order valence-electron chi connectivity index (χ4n) is 2.40. The summed E-state index contributed by atoms with van der Waals surface area (Å²) in [5.74, 6) is 0. The second kappa shape index (κ2) is 6.30. The van der Waals surface area contributed by atoms with Gasteiger partial charge in [0.15, 0.2) is 5.15 Å². The van der Waals surface area contributed by atoms with E-state index >= 15 is 0 Å². The molecule has 0 atom stereocenters. The molecule has 24 heavy (non-hydrogen) atoms. The molecule has 3 aromatic rings. The smallest absolute Gasteiger partial charge is 0.261 e. The van der Waals surface area contributed by atoms with E-state index < -0.39 is 10.0 Å². The van der Waals surface area contributed by atoms with Gasteiger partial charge in [-0.05, 0) is 37.3 Å². The van der Waals surface area contributed by atoms with Gasteiger partial charge in [-0.1, -0.05) is 35.4 Å². The third-order valence-corrected chi connectivity index (χ3v) is 5.27. The molecule has 0 aliphatic heterocycles. The molecule has 2 aromatic carbocycles. The maximum atomic E-state index is 12.5. The average molecular weight is 362 g/mol. The summed E-state index contributed by atoms with van der Waals surface area (Å²) in [7, 11) is -3.65. The lowest BCUT2D eigenvalue weighted by Crippen LogP contribution is -2.12. The average Bonchev–Trinajstić information content (AvgIpc) is 2.84. The van der Waals surface area contributed by atoms with E-state index in [-0.39, 0.29) is 4.90 Å². The second-order valence-corrected chi connectivity index (χ2v) is 7.45. The largest absolute Gasteiger partial charge is 0.280 e. The Balaban J connectivity index is 1.96. The number of rotatable bonds is 5. The van der Waals surface area contributed by atoms with Gasteiger partial charge in [0.1, 0.15) is 0 Å². The van der Waals surface area contributed by atoms with Gasteiger partial charge in [-0.15, -0.1) is 6.58 Å². The van der Waals surface area contributed by atoms with Crippen LogP contribution in [0.15, 0.2) is 60.0 Å². The van der Waals surface area contributed by atoms with E-state index in [2.05, 4.69) is 16.4 Å². The number of nitrogens with zero attached hydrogens (tertiary/aromatic N) is 2. The molecule has 0 unspecified atom stereocenters. The van der Waals surface area contributed by atoms with E-state index in [9.17, 15) is 8.42 Å². The van der Waals surface area contributed by atoms with Crippen LogP contribution in [0.5, 0.6) is 0 Å². The summed E-state index contributed by atoms with van der Waals surface area (Å²) >= 11 is 6.15. The number of allylic oxidation sites excluding steroid dienone is 1. The van der Waals surface area contributed by atoms with Crippen molar-refractivity contribution in [3.8, 4) is 0 Å². The first-order valence-electron chi connectivity index (χ1n) is 7.27. The number of aromatic nitrogens is 2. The lowest BCUT2D eigenvalue weighted by Gasteiger charge is -2.09. The van der Waals surface area contributed by atoms with Crippen molar-refractivity contribution in [1.82, 2.24) is 9.78 Å². The highest BCUT2D eigenvalue weighted by Crippen LogP contribution is 2.27. The minimum absolute atomic E-state index is 0.210. The summed E-state index contributed by atoms with van der Waals surface area (Å²) in [5.41, 5.74) is 2.25. The first-order valence-corrected chi connectivity index (χ1v) is 9.13. The van der Waals surface area contributed by atoms with Gasteiger partial charge in [-0.3, -0.25) is 9.40 Å². The first-order chi connectivity index (χ1) is 11.4. The second-order valence-electron chi connectivity index (χ2n) is 5.41. The number of hydrogen-bond donors (Lipinski definition) is 1. The zero-order chi connectivity index (χ0) is 17.3. The molecule has 0 amide bonds. The number of hydrogen-bond acceptors (Lipinski definition) is 3. The number of nitrogens with one attached hydrogen (secondary N) is 1. The standard InChI is InChI=1S/C17H16ClN3O2S/c1-3-10-21-16-9-6-13(11-15(16)17(18)19-21)20-24(22,23)14-7-4-12(2)5-8-14/h3-9,11,20H,1,10H2,2H3. The Morgan fingerprint density at radius 3 is 2.62 bits per heavy atom. The van der Waals surface area contributed by atoms with Crippen molar-refractivity contribution in [2.45, 2.75) is 18.4 Å². The molecule has 3 rings (SSSR count). The molecule has 7 heteroatoms. The van der Waals surface area contributed by atoms with Crippen molar-refractivity contribution in [1.29, 1.82) is 0 Å². The minimum atomic E-state index is -3.65. The summed E-state index contributed by atoms with van der Waals surface area (Å²) in [4.78, 5) is 0.210. The summed E-state index contributed by atoms with van der Waals surface area (Å²) in [6.45, 7) is 6.11. The van der Waals surface area contributed by atoms with E-state index in [0.29, 0.717) is 22.8 Å². The number of fused-ring (bicyclic) bond motifs is 1. The van der Waals surface area contributed by atoms with Gasteiger partial charge < -0.3 is 0 Å². The van der Waals surface area contributed by atoms with Crippen LogP contribution in [-0.2, 0) is 16.6 Å². The van der Waals surface area contributed by atoms with E-state index in [1.165, 1.54) is 0 Å². The van der Waals surface area contributed by atoms with Crippen LogP contribution >= 0.6 is 11.6 Å². The van der Waals surface area contributed by atoms with Crippen LogP contribution in [0.1, 0.15) is 5.56 Å². The minimum Gasteiger partial charge on any atom is -0.280 e. The number of aryl methyl sites for hydroxylation is 1. The lowest BCUT2D eigenvalue weighted by molar-refractivity contribution is 0.601. The highest BCUT2D eigenvalue weighted by molar-refractivity contribution is 7.92. The Morgan fingerprint density at radius 2 is 1.96 bits per heavy atom. The first kappa shape index (κ1) is 16.5. The van der Waals surface area contributed by atoms with E-state index in [1.807, 2.05) is 6.92 Å². The van der Waals surface area contributed by atoms with Gasteiger partial charge in [-0.25, -0.2) is 8.42 Å². The van der Waals surface area contributed by atoms with Gasteiger partial charge in [0, 0.05) is 11.1 Å². The van der Waals surface area contributed by atoms with Crippen molar-refractivity contribution >= 4 is 38.2 Å². The van der Waals surface area contributed by atoms with Gasteiger partial charge in [0.25, 0.3) is 10.0 Å². The molecular formula is C17H16ClN3O2S. The van der Waals surface area contributed by atoms with Gasteiger partial charge in [0.2, 0.25) is 0 Å². The summed E-state index contributed by atoms with van der Waals surface area (Å²) in [6, 6.07) is 11.8. The molecule has 0 spiro atoms. The third kappa shape index (κ3) is 3.16. The zero-order valence-electron chi connectivity index (χ0n) is 13.0. The molecular weight excluding hydrogens is 346 g/mol. The fourth-order valence-corrected chi connectivity index (χ4v) is 3.69. The van der Waals surface area contributed by atoms with Crippen LogP contribution in [0.2, 0.25) is 5.15 Å². The topological polar surface area (TPSA) is 64.0 Å². The molecule has 124 valence electrons. The molecule has 1 N–H and O–H groups in total. The van der Waals surface area contributed by atoms with Gasteiger partial charge >= 0.3 is 0 Å². The van der Waals surface area contributed by atoms with Crippen LogP contribution < -0.4 is 4.72 Å². The quantitative estimate of drug-likeness (QED) is 0.699. The number of halogens is 1. The molecule has 1 aromatic heterocycles. The number of sulfonamides is 1. The van der Waals surface area contributed by atoms with Crippen molar-refractivity contribution < 1.29 is 8.42 Å². The number of anilines is 1. The molecule has 0 aliphatic carbocycles. The Morgan fingerprint density at radius 1 is 1.25 bits per heavy atom. The SMILES string of the molecule is C=CCn1nc(Cl)c2cc(NS(=O)(=O)c3ccc(C)cc3)ccc21. The summed E-state index contributed by atoms with van der Waals surface area (Å²) in [6.07, 6.45) is 1.72. The maximum Gasteiger partial charge on any atom is 0.261 e. The molecule has 0 aliphatic rings. The predicted molar refractivity (Wildman–Crippen MR) is 96.9 cm³/mol. The lowest BCUT2D eigenvalue weighted by atomic mass is 10.2. The van der Waals surface area contributed by atoms with E-state index in [1.54, 1.807) is 53.2 Å². The Bertz CT molecular complexity index is 1010. The molecule has 0 saturated heterocycles. The zero-order valence-corrected chi connectivity index (χ0v) is 14.6. The summed E-state index contributed by atoms with van der Waals surface area (Å²) in [5, 5.41) is 5.22. The van der Waals surface area contributed by atoms with Crippen LogP contribution in [0, 0.1) is 6.92 Å². The molecule has 0 radical (unpaired) electrons. The van der Waals surface area contributed by atoms with Crippen molar-refractivity contribution in [3.05, 3.63) is 65.8 Å². The third-order valence-electron chi connectivity index (χ3n) is 3.59. The molecule has 0 fully saturated rings. The predicted octanol–water partition coefficient (Wildman–Crippen LogP) is 3.98. The molecule has 5 nitrogen and oxygen atoms in total. The van der Waals surface area contributed by atoms with Crippen LogP contribution in [0.3, 0.4) is 0 Å². The Kier molecular flexibility index (Phi) is 4.34. The molecule has 0 bridgehead atoms. The maximum absolute atomic E-state index is 12.5. The number of benzene rings is 2. The van der Waals surface area contributed by atoms with E-state index in [0.717, 1.165) is 11.1 Å². The monoisotopic (exact) mass is 361 g/mol. The van der Waals surface area contributed by atoms with Crippen LogP contribution in [0.4, 0.5) is 5.69 Å². The van der Waals surface area contributed by atoms with Crippen LogP contribution in [0.25, 0.3) is 10.9 Å². The highest BCUT2D eigenvalue weighted by Gasteiger charge is 2.15. The van der Waals surface area contributed by atoms with Gasteiger partial charge in [-0.2, -0.15) is 5.10 Å². The van der Waals surface area contributed by atoms with Crippen molar-refractivity contribution in [3.63, 3.8) is 0 Å². The van der Waals surface area contributed by atoms with Crippen molar-refractivity contribution in [2.75, 3.05) is 4.72 Å². The normalized spacial score (nSPS) is 11.6. The van der Waals surface area contributed by atoms with Crippen molar-refractivity contribution in [2.24, 2.45) is 0 Å². The van der Waals surface area contributed by atoms with Gasteiger partial charge in [0.05, 0.1) is 17.0 Å². The van der Waals surface area contributed by atoms with Crippen LogP contribution in [-0.4, -0.2) is 18.2 Å². The fraction of sp³-hybridized carbons (Fsp3) is 0.118. The summed E-state index contributed by atoms with van der Waals surface area (Å²) < 4.78 is 29.2. The Hall–Kier alpha value is -2.31.